The highest BCUT2D eigenvalue weighted by Crippen LogP contribution is 2.27. The smallest absolute Gasteiger partial charge is 0.151 e. The monoisotopic (exact) mass is 252 g/mol. The first-order valence-electron chi connectivity index (χ1n) is 3.92. The van der Waals surface area contributed by atoms with Gasteiger partial charge in [0.25, 0.3) is 0 Å². The van der Waals surface area contributed by atoms with Gasteiger partial charge in [0.05, 0.1) is 5.75 Å². The Kier molecular flexibility index (Phi) is 3.45. The van der Waals surface area contributed by atoms with Crippen LogP contribution in [0, 0.1) is 6.92 Å². The second kappa shape index (κ2) is 4.09. The molecule has 0 saturated carbocycles. The molecule has 0 heterocycles. The van der Waals surface area contributed by atoms with Crippen LogP contribution in [0.4, 0.5) is 0 Å². The molecule has 0 aliphatic heterocycles. The van der Waals surface area contributed by atoms with Crippen molar-refractivity contribution in [3.05, 3.63) is 33.3 Å². The Balaban J connectivity index is 3.22. The fourth-order valence-corrected chi connectivity index (χ4v) is 2.85. The topological polar surface area (TPSA) is 34.1 Å². The molecular formula is C9H10Cl2O2S. The predicted octanol–water partition coefficient (Wildman–Crippen LogP) is 2.85. The molecule has 0 aromatic heterocycles. The molecule has 0 aliphatic carbocycles. The van der Waals surface area contributed by atoms with E-state index in [0.29, 0.717) is 15.6 Å². The van der Waals surface area contributed by atoms with Gasteiger partial charge in [-0.1, -0.05) is 23.2 Å². The van der Waals surface area contributed by atoms with Crippen LogP contribution in [0.2, 0.25) is 10.0 Å². The lowest BCUT2D eigenvalue weighted by molar-refractivity contribution is 0.601. The van der Waals surface area contributed by atoms with Crippen LogP contribution in [0.5, 0.6) is 0 Å². The quantitative estimate of drug-likeness (QED) is 0.812. The van der Waals surface area contributed by atoms with Crippen LogP contribution in [-0.4, -0.2) is 14.7 Å². The van der Waals surface area contributed by atoms with E-state index in [-0.39, 0.29) is 5.75 Å². The lowest BCUT2D eigenvalue weighted by Crippen LogP contribution is -2.02. The molecule has 78 valence electrons. The molecular weight excluding hydrogens is 243 g/mol. The molecule has 0 N–H and O–H groups in total. The van der Waals surface area contributed by atoms with Crippen molar-refractivity contribution >= 4 is 33.0 Å². The summed E-state index contributed by atoms with van der Waals surface area (Å²) in [5.74, 6) is -0.120. The van der Waals surface area contributed by atoms with E-state index >= 15 is 0 Å². The Labute approximate surface area is 93.8 Å². The summed E-state index contributed by atoms with van der Waals surface area (Å²) in [5.41, 5.74) is 1.39. The molecule has 5 heteroatoms. The average molecular weight is 253 g/mol. The summed E-state index contributed by atoms with van der Waals surface area (Å²) in [6.45, 7) is 1.85. The maximum atomic E-state index is 11.1. The summed E-state index contributed by atoms with van der Waals surface area (Å²) in [4.78, 5) is 0. The molecule has 0 spiro atoms. The van der Waals surface area contributed by atoms with Gasteiger partial charge in [-0.15, -0.1) is 0 Å². The van der Waals surface area contributed by atoms with Crippen LogP contribution in [0.1, 0.15) is 11.1 Å². The van der Waals surface area contributed by atoms with E-state index in [0.717, 1.165) is 11.8 Å². The highest BCUT2D eigenvalue weighted by atomic mass is 35.5. The van der Waals surface area contributed by atoms with E-state index in [2.05, 4.69) is 0 Å². The maximum absolute atomic E-state index is 11.1. The number of rotatable bonds is 2. The van der Waals surface area contributed by atoms with Gasteiger partial charge in [0, 0.05) is 21.9 Å². The molecule has 0 saturated heterocycles. The standard InChI is InChI=1S/C9H10Cl2O2S/c1-6-3-8(10)7(9(11)4-6)5-14(2,12)13/h3-4H,5H2,1-2H3. The molecule has 0 aliphatic rings. The van der Waals surface area contributed by atoms with Gasteiger partial charge in [-0.25, -0.2) is 8.42 Å². The van der Waals surface area contributed by atoms with Gasteiger partial charge >= 0.3 is 0 Å². The first-order valence-corrected chi connectivity index (χ1v) is 6.73. The van der Waals surface area contributed by atoms with Crippen LogP contribution in [-0.2, 0) is 15.6 Å². The molecule has 0 atom stereocenters. The zero-order chi connectivity index (χ0) is 10.9. The van der Waals surface area contributed by atoms with Crippen molar-refractivity contribution in [2.24, 2.45) is 0 Å². The van der Waals surface area contributed by atoms with E-state index in [4.69, 9.17) is 23.2 Å². The summed E-state index contributed by atoms with van der Waals surface area (Å²) in [7, 11) is -3.10. The number of halogens is 2. The zero-order valence-corrected chi connectivity index (χ0v) is 10.2. The minimum Gasteiger partial charge on any atom is -0.229 e. The molecule has 2 nitrogen and oxygen atoms in total. The van der Waals surface area contributed by atoms with Gasteiger partial charge in [-0.2, -0.15) is 0 Å². The number of sulfone groups is 1. The van der Waals surface area contributed by atoms with Gasteiger partial charge in [0.2, 0.25) is 0 Å². The first-order chi connectivity index (χ1) is 6.29. The summed E-state index contributed by atoms with van der Waals surface area (Å²) in [5, 5.41) is 0.806. The highest BCUT2D eigenvalue weighted by Gasteiger charge is 2.12. The predicted molar refractivity (Wildman–Crippen MR) is 59.7 cm³/mol. The van der Waals surface area contributed by atoms with Crippen molar-refractivity contribution in [2.75, 3.05) is 6.26 Å². The van der Waals surface area contributed by atoms with Crippen LogP contribution in [0.15, 0.2) is 12.1 Å². The molecule has 0 bridgehead atoms. The van der Waals surface area contributed by atoms with Crippen LogP contribution >= 0.6 is 23.2 Å². The van der Waals surface area contributed by atoms with Crippen molar-refractivity contribution in [3.63, 3.8) is 0 Å². The molecule has 1 aromatic rings. The SMILES string of the molecule is Cc1cc(Cl)c(CS(C)(=O)=O)c(Cl)c1. The summed E-state index contributed by atoms with van der Waals surface area (Å²) >= 11 is 11.8. The molecule has 14 heavy (non-hydrogen) atoms. The van der Waals surface area contributed by atoms with Crippen molar-refractivity contribution < 1.29 is 8.42 Å². The van der Waals surface area contributed by atoms with Crippen molar-refractivity contribution in [1.82, 2.24) is 0 Å². The number of benzene rings is 1. The highest BCUT2D eigenvalue weighted by molar-refractivity contribution is 7.89. The Morgan fingerprint density at radius 3 is 2.00 bits per heavy atom. The third kappa shape index (κ3) is 3.15. The Morgan fingerprint density at radius 2 is 1.64 bits per heavy atom. The van der Waals surface area contributed by atoms with Crippen LogP contribution in [0.25, 0.3) is 0 Å². The third-order valence-electron chi connectivity index (χ3n) is 1.69. The molecule has 0 radical (unpaired) electrons. The minimum absolute atomic E-state index is 0.120. The molecule has 0 amide bonds. The normalized spacial score (nSPS) is 11.7. The second-order valence-electron chi connectivity index (χ2n) is 3.28. The lowest BCUT2D eigenvalue weighted by Gasteiger charge is -2.06. The fraction of sp³-hybridized carbons (Fsp3) is 0.333. The zero-order valence-electron chi connectivity index (χ0n) is 7.84. The van der Waals surface area contributed by atoms with Crippen LogP contribution < -0.4 is 0 Å². The number of aryl methyl sites for hydroxylation is 1. The minimum atomic E-state index is -3.10. The van der Waals surface area contributed by atoms with Crippen molar-refractivity contribution in [1.29, 1.82) is 0 Å². The second-order valence-corrected chi connectivity index (χ2v) is 6.23. The number of hydrogen-bond acceptors (Lipinski definition) is 2. The largest absolute Gasteiger partial charge is 0.229 e. The van der Waals surface area contributed by atoms with Gasteiger partial charge in [-0.05, 0) is 24.6 Å². The maximum Gasteiger partial charge on any atom is 0.151 e. The fourth-order valence-electron chi connectivity index (χ4n) is 1.13. The summed E-state index contributed by atoms with van der Waals surface area (Å²) in [6.07, 6.45) is 1.15. The Morgan fingerprint density at radius 1 is 1.21 bits per heavy atom. The van der Waals surface area contributed by atoms with Gasteiger partial charge in [-0.3, -0.25) is 0 Å². The van der Waals surface area contributed by atoms with E-state index in [9.17, 15) is 8.42 Å². The Hall–Kier alpha value is -0.250. The summed E-state index contributed by atoms with van der Waals surface area (Å²) in [6, 6.07) is 3.40. The first kappa shape index (κ1) is 11.8. The van der Waals surface area contributed by atoms with E-state index in [1.807, 2.05) is 6.92 Å². The molecule has 1 aromatic carbocycles. The van der Waals surface area contributed by atoms with Gasteiger partial charge in [0.1, 0.15) is 0 Å². The van der Waals surface area contributed by atoms with Gasteiger partial charge < -0.3 is 0 Å². The molecule has 0 unspecified atom stereocenters. The molecule has 0 fully saturated rings. The van der Waals surface area contributed by atoms with Crippen molar-refractivity contribution in [2.45, 2.75) is 12.7 Å². The summed E-state index contributed by atoms with van der Waals surface area (Å²) < 4.78 is 22.1. The third-order valence-corrected chi connectivity index (χ3v) is 3.18. The van der Waals surface area contributed by atoms with E-state index in [1.165, 1.54) is 0 Å². The van der Waals surface area contributed by atoms with Crippen molar-refractivity contribution in [3.8, 4) is 0 Å². The molecule has 1 rings (SSSR count). The van der Waals surface area contributed by atoms with E-state index in [1.54, 1.807) is 12.1 Å². The number of hydrogen-bond donors (Lipinski definition) is 0. The van der Waals surface area contributed by atoms with Gasteiger partial charge in [0.15, 0.2) is 9.84 Å². The van der Waals surface area contributed by atoms with E-state index < -0.39 is 9.84 Å². The lowest BCUT2D eigenvalue weighted by atomic mass is 10.2. The Bertz CT molecular complexity index is 429. The van der Waals surface area contributed by atoms with Crippen LogP contribution in [0.3, 0.4) is 0 Å². The average Bonchev–Trinajstić information content (AvgIpc) is 1.95.